The first kappa shape index (κ1) is 22.1. The molecule has 3 aromatic rings. The summed E-state index contributed by atoms with van der Waals surface area (Å²) in [5.74, 6) is -0.761. The van der Waals surface area contributed by atoms with Crippen LogP contribution in [0.15, 0.2) is 60.7 Å². The number of ether oxygens (including phenoxy) is 1. The third kappa shape index (κ3) is 4.71. The maximum atomic E-state index is 13.1. The van der Waals surface area contributed by atoms with Gasteiger partial charge in [0.15, 0.2) is 0 Å². The van der Waals surface area contributed by atoms with Gasteiger partial charge in [0.2, 0.25) is 0 Å². The van der Waals surface area contributed by atoms with Crippen LogP contribution in [0.25, 0.3) is 0 Å². The molecule has 0 bridgehead atoms. The van der Waals surface area contributed by atoms with Crippen molar-refractivity contribution in [1.29, 1.82) is 0 Å². The number of nitrogens with zero attached hydrogens (tertiary/aromatic N) is 2. The Hall–Kier alpha value is -3.09. The second-order valence-corrected chi connectivity index (χ2v) is 8.26. The lowest BCUT2D eigenvalue weighted by Gasteiger charge is -2.25. The summed E-state index contributed by atoms with van der Waals surface area (Å²) in [5, 5.41) is 10.6. The van der Waals surface area contributed by atoms with Gasteiger partial charge in [-0.2, -0.15) is 0 Å². The number of carboxylic acid groups (broad SMARTS) is 1. The van der Waals surface area contributed by atoms with Crippen molar-refractivity contribution < 1.29 is 19.4 Å². The predicted molar refractivity (Wildman–Crippen MR) is 121 cm³/mol. The molecule has 164 valence electrons. The molecule has 1 N–H and O–H groups in total. The number of para-hydroxylation sites is 1. The van der Waals surface area contributed by atoms with Crippen molar-refractivity contribution in [2.45, 2.75) is 25.5 Å². The molecule has 6 nitrogen and oxygen atoms in total. The molecule has 0 aliphatic carbocycles. The highest BCUT2D eigenvalue weighted by atomic mass is 35.5. The number of carbonyl (C=O) groups excluding carboxylic acids is 1. The van der Waals surface area contributed by atoms with E-state index in [1.807, 2.05) is 0 Å². The summed E-state index contributed by atoms with van der Waals surface area (Å²) in [7, 11) is 0. The fraction of sp³-hybridized carbons (Fsp3) is 0.208. The normalized spacial score (nSPS) is 15.6. The van der Waals surface area contributed by atoms with Crippen LogP contribution >= 0.6 is 23.2 Å². The van der Waals surface area contributed by atoms with Gasteiger partial charge in [0, 0.05) is 17.1 Å². The monoisotopic (exact) mass is 470 g/mol. The number of rotatable bonds is 6. The van der Waals surface area contributed by atoms with Crippen LogP contribution in [0.4, 0.5) is 0 Å². The molecule has 2 aromatic carbocycles. The molecular formula is C24H20Cl2N2O4. The Labute approximate surface area is 195 Å². The lowest BCUT2D eigenvalue weighted by Crippen LogP contribution is -2.31. The number of pyridine rings is 1. The first-order chi connectivity index (χ1) is 15.4. The molecule has 1 aliphatic rings. The van der Waals surface area contributed by atoms with Crippen LogP contribution in [0.3, 0.4) is 0 Å². The third-order valence-corrected chi connectivity index (χ3v) is 5.94. The molecule has 0 saturated carbocycles. The van der Waals surface area contributed by atoms with Gasteiger partial charge >= 0.3 is 5.97 Å². The number of likely N-dealkylation sites (tertiary alicyclic amines) is 1. The van der Waals surface area contributed by atoms with Gasteiger partial charge in [-0.3, -0.25) is 9.78 Å². The van der Waals surface area contributed by atoms with Crippen LogP contribution in [-0.4, -0.2) is 33.4 Å². The summed E-state index contributed by atoms with van der Waals surface area (Å²) in [6, 6.07) is 16.7. The molecular weight excluding hydrogens is 451 g/mol. The second kappa shape index (κ2) is 9.59. The van der Waals surface area contributed by atoms with Crippen molar-refractivity contribution in [2.24, 2.45) is 0 Å². The zero-order chi connectivity index (χ0) is 22.7. The van der Waals surface area contributed by atoms with Gasteiger partial charge < -0.3 is 14.7 Å². The number of benzene rings is 2. The zero-order valence-electron chi connectivity index (χ0n) is 17.0. The minimum absolute atomic E-state index is 0.0504. The molecule has 1 saturated heterocycles. The maximum Gasteiger partial charge on any atom is 0.337 e. The molecule has 2 heterocycles. The van der Waals surface area contributed by atoms with E-state index in [2.05, 4.69) is 4.98 Å². The first-order valence-electron chi connectivity index (χ1n) is 10.1. The molecule has 1 aromatic heterocycles. The fourth-order valence-corrected chi connectivity index (χ4v) is 4.11. The van der Waals surface area contributed by atoms with Gasteiger partial charge in [-0.1, -0.05) is 35.3 Å². The smallest absolute Gasteiger partial charge is 0.337 e. The van der Waals surface area contributed by atoms with Gasteiger partial charge in [-0.15, -0.1) is 0 Å². The number of amides is 1. The SMILES string of the molecule is O=C(O)c1ccc([C@@H]2CCCN2C(=O)c2ccc(Cl)cc2)nc1COc1ccccc1Cl. The van der Waals surface area contributed by atoms with Crippen LogP contribution in [0.5, 0.6) is 5.75 Å². The number of hydrogen-bond acceptors (Lipinski definition) is 4. The van der Waals surface area contributed by atoms with Crippen molar-refractivity contribution in [3.8, 4) is 5.75 Å². The van der Waals surface area contributed by atoms with Crippen LogP contribution in [0.1, 0.15) is 51.0 Å². The molecule has 0 radical (unpaired) electrons. The molecule has 0 unspecified atom stereocenters. The first-order valence-corrected chi connectivity index (χ1v) is 10.9. The quantitative estimate of drug-likeness (QED) is 0.503. The number of carbonyl (C=O) groups is 2. The van der Waals surface area contributed by atoms with E-state index < -0.39 is 5.97 Å². The Morgan fingerprint density at radius 3 is 2.53 bits per heavy atom. The van der Waals surface area contributed by atoms with Crippen molar-refractivity contribution >= 4 is 35.1 Å². The van der Waals surface area contributed by atoms with Crippen molar-refractivity contribution in [3.05, 3.63) is 93.2 Å². The highest BCUT2D eigenvalue weighted by Crippen LogP contribution is 2.33. The second-order valence-electron chi connectivity index (χ2n) is 7.42. The molecule has 4 rings (SSSR count). The van der Waals surface area contributed by atoms with Crippen molar-refractivity contribution in [1.82, 2.24) is 9.88 Å². The average Bonchev–Trinajstić information content (AvgIpc) is 3.28. The van der Waals surface area contributed by atoms with E-state index in [0.717, 1.165) is 12.8 Å². The van der Waals surface area contributed by atoms with Crippen LogP contribution in [0, 0.1) is 0 Å². The minimum Gasteiger partial charge on any atom is -0.486 e. The van der Waals surface area contributed by atoms with Gasteiger partial charge in [0.25, 0.3) is 5.91 Å². The van der Waals surface area contributed by atoms with E-state index in [1.54, 1.807) is 59.5 Å². The van der Waals surface area contributed by atoms with Crippen molar-refractivity contribution in [3.63, 3.8) is 0 Å². The van der Waals surface area contributed by atoms with Crippen LogP contribution in [0.2, 0.25) is 10.0 Å². The summed E-state index contributed by atoms with van der Waals surface area (Å²) in [4.78, 5) is 31.2. The van der Waals surface area contributed by atoms with E-state index in [4.69, 9.17) is 27.9 Å². The van der Waals surface area contributed by atoms with Gasteiger partial charge in [0.05, 0.1) is 28.0 Å². The Bertz CT molecular complexity index is 1150. The standard InChI is InChI=1S/C24H20Cl2N2O4/c25-16-9-7-15(8-10-16)23(29)28-13-3-5-21(28)19-12-11-17(24(30)31)20(27-19)14-32-22-6-2-1-4-18(22)26/h1-2,4,6-12,21H,3,5,13-14H2,(H,30,31)/t21-/m0/s1. The van der Waals surface area contributed by atoms with Gasteiger partial charge in [-0.05, 0) is 61.4 Å². The minimum atomic E-state index is -1.10. The topological polar surface area (TPSA) is 79.7 Å². The van der Waals surface area contributed by atoms with Gasteiger partial charge in [-0.25, -0.2) is 4.79 Å². The summed E-state index contributed by atoms with van der Waals surface area (Å²) in [5.41, 5.74) is 1.51. The highest BCUT2D eigenvalue weighted by molar-refractivity contribution is 6.32. The number of aromatic carboxylic acids is 1. The Balaban J connectivity index is 1.60. The van der Waals surface area contributed by atoms with Crippen molar-refractivity contribution in [2.75, 3.05) is 6.54 Å². The molecule has 32 heavy (non-hydrogen) atoms. The van der Waals surface area contributed by atoms with Crippen LogP contribution in [-0.2, 0) is 6.61 Å². The number of halogens is 2. The molecule has 1 amide bonds. The predicted octanol–water partition coefficient (Wildman–Crippen LogP) is 5.64. The molecule has 0 spiro atoms. The average molecular weight is 471 g/mol. The highest BCUT2D eigenvalue weighted by Gasteiger charge is 2.32. The molecule has 1 fully saturated rings. The van der Waals surface area contributed by atoms with E-state index >= 15 is 0 Å². The third-order valence-electron chi connectivity index (χ3n) is 5.37. The molecule has 8 heteroatoms. The number of aromatic nitrogens is 1. The van der Waals surface area contributed by atoms with E-state index in [9.17, 15) is 14.7 Å². The van der Waals surface area contributed by atoms with Gasteiger partial charge in [0.1, 0.15) is 12.4 Å². The maximum absolute atomic E-state index is 13.1. The van der Waals surface area contributed by atoms with E-state index in [0.29, 0.717) is 33.6 Å². The summed E-state index contributed by atoms with van der Waals surface area (Å²) >= 11 is 12.1. The Morgan fingerprint density at radius 2 is 1.81 bits per heavy atom. The lowest BCUT2D eigenvalue weighted by atomic mass is 10.1. The summed E-state index contributed by atoms with van der Waals surface area (Å²) in [6.45, 7) is 0.539. The zero-order valence-corrected chi connectivity index (χ0v) is 18.5. The Kier molecular flexibility index (Phi) is 6.63. The summed E-state index contributed by atoms with van der Waals surface area (Å²) in [6.07, 6.45) is 1.57. The molecule has 1 aliphatic heterocycles. The van der Waals surface area contributed by atoms with Crippen LogP contribution < -0.4 is 4.74 Å². The summed E-state index contributed by atoms with van der Waals surface area (Å²) < 4.78 is 5.74. The fourth-order valence-electron chi connectivity index (χ4n) is 3.79. The Morgan fingerprint density at radius 1 is 1.06 bits per heavy atom. The largest absolute Gasteiger partial charge is 0.486 e. The van der Waals surface area contributed by atoms with E-state index in [-0.39, 0.29) is 29.8 Å². The van der Waals surface area contributed by atoms with E-state index in [1.165, 1.54) is 6.07 Å². The molecule has 1 atom stereocenters. The number of hydrogen-bond donors (Lipinski definition) is 1. The number of carboxylic acids is 1. The lowest BCUT2D eigenvalue weighted by molar-refractivity contribution is 0.0688.